The molecular weight excluding hydrogens is 436 g/mol. The standard InChI is InChI=1S/C23H18O8S/c1-11-2-4-13(5-3-11)32(29,30)18-8-17(26)21(27)22-19(18)20-14-7-16(25)15(24)6-12(14)9-23(20,28)10-31-22/h2-8,24-25,27-28H,9-10H2,1H3. The van der Waals surface area contributed by atoms with Crippen LogP contribution in [0.3, 0.4) is 0 Å². The van der Waals surface area contributed by atoms with Gasteiger partial charge < -0.3 is 25.2 Å². The number of aryl methyl sites for hydroxylation is 1. The Morgan fingerprint density at radius 3 is 2.38 bits per heavy atom. The number of aliphatic hydroxyl groups is 2. The maximum Gasteiger partial charge on any atom is 0.225 e. The van der Waals surface area contributed by atoms with Crippen molar-refractivity contribution >= 4 is 21.2 Å². The molecular formula is C23H18O8S. The Morgan fingerprint density at radius 2 is 1.69 bits per heavy atom. The number of allylic oxidation sites excluding steroid dienone is 2. The van der Waals surface area contributed by atoms with Crippen molar-refractivity contribution in [3.8, 4) is 11.5 Å². The van der Waals surface area contributed by atoms with Gasteiger partial charge in [-0.3, -0.25) is 4.79 Å². The number of fused-ring (bicyclic) bond motifs is 4. The Labute approximate surface area is 182 Å². The molecule has 5 rings (SSSR count). The summed E-state index contributed by atoms with van der Waals surface area (Å²) in [6.45, 7) is 1.45. The summed E-state index contributed by atoms with van der Waals surface area (Å²) in [4.78, 5) is 11.9. The Balaban J connectivity index is 1.84. The molecule has 1 aliphatic heterocycles. The van der Waals surface area contributed by atoms with Crippen LogP contribution in [0.2, 0.25) is 0 Å². The molecule has 0 radical (unpaired) electrons. The van der Waals surface area contributed by atoms with Gasteiger partial charge in [0.05, 0.1) is 9.80 Å². The lowest BCUT2D eigenvalue weighted by atomic mass is 9.85. The summed E-state index contributed by atoms with van der Waals surface area (Å²) in [5.74, 6) is -2.90. The van der Waals surface area contributed by atoms with Crippen LogP contribution in [0.4, 0.5) is 0 Å². The predicted octanol–water partition coefficient (Wildman–Crippen LogP) is 2.19. The van der Waals surface area contributed by atoms with Crippen LogP contribution in [0.25, 0.3) is 5.57 Å². The van der Waals surface area contributed by atoms with E-state index in [9.17, 15) is 33.6 Å². The average molecular weight is 454 g/mol. The lowest BCUT2D eigenvalue weighted by molar-refractivity contribution is -0.114. The third-order valence-electron chi connectivity index (χ3n) is 5.93. The van der Waals surface area contributed by atoms with Gasteiger partial charge in [-0.25, -0.2) is 8.42 Å². The fraction of sp³-hybridized carbons (Fsp3) is 0.174. The maximum atomic E-state index is 13.5. The van der Waals surface area contributed by atoms with Crippen molar-refractivity contribution in [2.45, 2.75) is 23.8 Å². The summed E-state index contributed by atoms with van der Waals surface area (Å²) >= 11 is 0. The second kappa shape index (κ2) is 6.47. The van der Waals surface area contributed by atoms with Gasteiger partial charge in [0.25, 0.3) is 0 Å². The van der Waals surface area contributed by atoms with Gasteiger partial charge in [-0.1, -0.05) is 17.7 Å². The largest absolute Gasteiger partial charge is 0.504 e. The van der Waals surface area contributed by atoms with Gasteiger partial charge in [0, 0.05) is 23.6 Å². The minimum atomic E-state index is -4.26. The molecule has 9 heteroatoms. The van der Waals surface area contributed by atoms with Crippen molar-refractivity contribution in [2.75, 3.05) is 6.61 Å². The number of aromatic hydroxyl groups is 2. The molecule has 0 spiro atoms. The Bertz CT molecular complexity index is 1410. The Kier molecular flexibility index (Phi) is 4.12. The zero-order chi connectivity index (χ0) is 23.0. The van der Waals surface area contributed by atoms with E-state index < -0.39 is 43.4 Å². The number of hydrogen-bond acceptors (Lipinski definition) is 8. The van der Waals surface area contributed by atoms with Crippen molar-refractivity contribution in [1.29, 1.82) is 0 Å². The molecule has 3 aliphatic rings. The highest BCUT2D eigenvalue weighted by atomic mass is 32.2. The van der Waals surface area contributed by atoms with Crippen LogP contribution in [-0.2, 0) is 25.8 Å². The monoisotopic (exact) mass is 454 g/mol. The second-order valence-electron chi connectivity index (χ2n) is 8.11. The summed E-state index contributed by atoms with van der Waals surface area (Å²) in [5, 5.41) is 41.6. The van der Waals surface area contributed by atoms with E-state index in [1.165, 1.54) is 24.3 Å². The van der Waals surface area contributed by atoms with Crippen LogP contribution >= 0.6 is 0 Å². The molecule has 0 saturated carbocycles. The number of sulfone groups is 1. The first-order valence-corrected chi connectivity index (χ1v) is 11.2. The molecule has 1 heterocycles. The number of aliphatic hydroxyl groups excluding tert-OH is 1. The smallest absolute Gasteiger partial charge is 0.225 e. The predicted molar refractivity (Wildman–Crippen MR) is 112 cm³/mol. The highest BCUT2D eigenvalue weighted by molar-refractivity contribution is 7.95. The molecule has 0 fully saturated rings. The lowest BCUT2D eigenvalue weighted by Gasteiger charge is -2.35. The lowest BCUT2D eigenvalue weighted by Crippen LogP contribution is -2.40. The van der Waals surface area contributed by atoms with E-state index >= 15 is 0 Å². The Morgan fingerprint density at radius 1 is 1.03 bits per heavy atom. The average Bonchev–Trinajstić information content (AvgIpc) is 3.02. The van der Waals surface area contributed by atoms with Gasteiger partial charge >= 0.3 is 0 Å². The van der Waals surface area contributed by atoms with E-state index in [-0.39, 0.29) is 34.8 Å². The number of phenolic OH excluding ortho intramolecular Hbond substituents is 2. The maximum absolute atomic E-state index is 13.5. The number of ether oxygens (including phenoxy) is 1. The first-order chi connectivity index (χ1) is 15.0. The summed E-state index contributed by atoms with van der Waals surface area (Å²) in [6.07, 6.45) is 0.790. The molecule has 0 bridgehead atoms. The molecule has 2 aliphatic carbocycles. The molecule has 8 nitrogen and oxygen atoms in total. The third-order valence-corrected chi connectivity index (χ3v) is 7.72. The minimum absolute atomic E-state index is 0.0190. The quantitative estimate of drug-likeness (QED) is 0.506. The topological polar surface area (TPSA) is 141 Å². The highest BCUT2D eigenvalue weighted by Gasteiger charge is 2.51. The summed E-state index contributed by atoms with van der Waals surface area (Å²) in [6, 6.07) is 8.54. The number of carbonyl (C=O) groups is 1. The van der Waals surface area contributed by atoms with Crippen molar-refractivity contribution in [2.24, 2.45) is 0 Å². The minimum Gasteiger partial charge on any atom is -0.504 e. The van der Waals surface area contributed by atoms with Gasteiger partial charge in [-0.15, -0.1) is 0 Å². The zero-order valence-electron chi connectivity index (χ0n) is 16.8. The van der Waals surface area contributed by atoms with Gasteiger partial charge in [-0.05, 0) is 42.3 Å². The van der Waals surface area contributed by atoms with E-state index in [0.29, 0.717) is 11.1 Å². The van der Waals surface area contributed by atoms with Crippen LogP contribution in [0.1, 0.15) is 16.7 Å². The van der Waals surface area contributed by atoms with Crippen LogP contribution in [0.15, 0.2) is 69.4 Å². The van der Waals surface area contributed by atoms with E-state index in [2.05, 4.69) is 0 Å². The first-order valence-electron chi connectivity index (χ1n) is 9.70. The summed E-state index contributed by atoms with van der Waals surface area (Å²) < 4.78 is 32.6. The molecule has 1 atom stereocenters. The number of rotatable bonds is 2. The van der Waals surface area contributed by atoms with Crippen LogP contribution in [-0.4, -0.2) is 46.8 Å². The fourth-order valence-electron chi connectivity index (χ4n) is 4.37. The molecule has 2 aromatic rings. The van der Waals surface area contributed by atoms with Crippen LogP contribution < -0.4 is 0 Å². The zero-order valence-corrected chi connectivity index (χ0v) is 17.6. The van der Waals surface area contributed by atoms with Crippen molar-refractivity contribution in [1.82, 2.24) is 0 Å². The van der Waals surface area contributed by atoms with E-state index in [4.69, 9.17) is 4.74 Å². The Hall–Kier alpha value is -3.56. The molecule has 0 saturated heterocycles. The van der Waals surface area contributed by atoms with Crippen LogP contribution in [0.5, 0.6) is 11.5 Å². The van der Waals surface area contributed by atoms with Crippen LogP contribution in [0, 0.1) is 6.92 Å². The van der Waals surface area contributed by atoms with Crippen molar-refractivity contribution in [3.05, 3.63) is 81.2 Å². The van der Waals surface area contributed by atoms with Gasteiger partial charge in [0.2, 0.25) is 21.4 Å². The molecule has 164 valence electrons. The van der Waals surface area contributed by atoms with E-state index in [1.54, 1.807) is 19.1 Å². The second-order valence-corrected chi connectivity index (χ2v) is 10.0. The molecule has 4 N–H and O–H groups in total. The number of phenols is 2. The van der Waals surface area contributed by atoms with E-state index in [0.717, 1.165) is 11.6 Å². The molecule has 2 aromatic carbocycles. The molecule has 0 amide bonds. The SMILES string of the molecule is Cc1ccc(S(=O)(=O)C2=CC(=O)C(O)=C3OCC4(O)Cc5cc(O)c(O)cc5C4=C23)cc1. The number of hydrogen-bond donors (Lipinski definition) is 4. The summed E-state index contributed by atoms with van der Waals surface area (Å²) in [7, 11) is -4.26. The molecule has 32 heavy (non-hydrogen) atoms. The van der Waals surface area contributed by atoms with E-state index in [1.807, 2.05) is 0 Å². The van der Waals surface area contributed by atoms with Gasteiger partial charge in [0.1, 0.15) is 12.2 Å². The normalized spacial score (nSPS) is 22.2. The van der Waals surface area contributed by atoms with Gasteiger partial charge in [0.15, 0.2) is 17.3 Å². The third kappa shape index (κ3) is 2.71. The van der Waals surface area contributed by atoms with Crippen molar-refractivity contribution < 1.29 is 38.4 Å². The number of ketones is 1. The molecule has 1 unspecified atom stereocenters. The first kappa shape index (κ1) is 20.3. The summed E-state index contributed by atoms with van der Waals surface area (Å²) in [5.41, 5.74) is -0.132. The van der Waals surface area contributed by atoms with Crippen molar-refractivity contribution in [3.63, 3.8) is 0 Å². The highest BCUT2D eigenvalue weighted by Crippen LogP contribution is 2.53. The number of carbonyl (C=O) groups excluding carboxylic acids is 1. The molecule has 0 aromatic heterocycles. The van der Waals surface area contributed by atoms with Gasteiger partial charge in [-0.2, -0.15) is 0 Å². The number of benzene rings is 2. The fourth-order valence-corrected chi connectivity index (χ4v) is 5.84.